The summed E-state index contributed by atoms with van der Waals surface area (Å²) in [5.74, 6) is 0. The number of nitrogens with zero attached hydrogens (tertiary/aromatic N) is 1. The summed E-state index contributed by atoms with van der Waals surface area (Å²) in [6, 6.07) is 8.35. The summed E-state index contributed by atoms with van der Waals surface area (Å²) in [6.45, 7) is -3.31. The fourth-order valence-corrected chi connectivity index (χ4v) is 1.65. The van der Waals surface area contributed by atoms with Gasteiger partial charge in [-0.1, -0.05) is 30.3 Å². The Morgan fingerprint density at radius 2 is 1.36 bits per heavy atom. The molecule has 1 amide bonds. The van der Waals surface area contributed by atoms with Crippen molar-refractivity contribution in [2.75, 3.05) is 26.3 Å². The van der Waals surface area contributed by atoms with Crippen LogP contribution in [0, 0.1) is 0 Å². The third-order valence-corrected chi connectivity index (χ3v) is 2.72. The van der Waals surface area contributed by atoms with Gasteiger partial charge in [0.15, 0.2) is 0 Å². The molecule has 0 saturated heterocycles. The number of benzene rings is 1. The highest BCUT2D eigenvalue weighted by Crippen LogP contribution is 2.17. The second-order valence-corrected chi connectivity index (χ2v) is 4.62. The summed E-state index contributed by atoms with van der Waals surface area (Å²) < 4.78 is 83.6. The summed E-state index contributed by atoms with van der Waals surface area (Å²) >= 11 is 0. The Morgan fingerprint density at radius 3 is 1.80 bits per heavy atom. The lowest BCUT2D eigenvalue weighted by molar-refractivity contribution is -0.327. The number of rotatable bonds is 8. The van der Waals surface area contributed by atoms with E-state index in [0.29, 0.717) is 10.5 Å². The fourth-order valence-electron chi connectivity index (χ4n) is 1.65. The molecule has 0 unspecified atom stereocenters. The number of hydrogen-bond acceptors (Lipinski definition) is 4. The van der Waals surface area contributed by atoms with Gasteiger partial charge in [-0.15, -0.1) is 26.3 Å². The van der Waals surface area contributed by atoms with Crippen molar-refractivity contribution in [3.8, 4) is 0 Å². The van der Waals surface area contributed by atoms with Crippen molar-refractivity contribution in [2.45, 2.75) is 19.3 Å². The van der Waals surface area contributed by atoms with Crippen LogP contribution in [-0.4, -0.2) is 50.0 Å². The molecule has 0 saturated carbocycles. The molecule has 25 heavy (non-hydrogen) atoms. The maximum absolute atomic E-state index is 12.0. The number of amides is 1. The zero-order valence-corrected chi connectivity index (χ0v) is 12.8. The van der Waals surface area contributed by atoms with Crippen LogP contribution in [0.15, 0.2) is 30.3 Å². The van der Waals surface area contributed by atoms with Crippen LogP contribution in [0.5, 0.6) is 0 Å². The molecule has 11 heteroatoms. The Balaban J connectivity index is 2.53. The topological polar surface area (TPSA) is 48.0 Å². The molecule has 0 bridgehead atoms. The minimum atomic E-state index is -4.91. The van der Waals surface area contributed by atoms with E-state index in [9.17, 15) is 31.1 Å². The van der Waals surface area contributed by atoms with Crippen LogP contribution < -0.4 is 0 Å². The smallest absolute Gasteiger partial charge is 0.445 e. The van der Waals surface area contributed by atoms with Crippen LogP contribution in [-0.2, 0) is 20.8 Å². The van der Waals surface area contributed by atoms with Crippen molar-refractivity contribution < 1.29 is 45.3 Å². The van der Waals surface area contributed by atoms with Crippen molar-refractivity contribution in [1.29, 1.82) is 0 Å². The number of carbonyl (C=O) groups excluding carboxylic acids is 1. The number of alkyl halides is 6. The lowest BCUT2D eigenvalue weighted by Gasteiger charge is -2.22. The summed E-state index contributed by atoms with van der Waals surface area (Å²) in [5.41, 5.74) is 0.605. The number of ether oxygens (including phenoxy) is 3. The summed E-state index contributed by atoms with van der Waals surface area (Å²) in [4.78, 5) is 12.5. The highest BCUT2D eigenvalue weighted by molar-refractivity contribution is 5.67. The molecule has 0 atom stereocenters. The van der Waals surface area contributed by atoms with Gasteiger partial charge >= 0.3 is 18.8 Å². The maximum atomic E-state index is 12.0. The summed E-state index contributed by atoms with van der Waals surface area (Å²) in [7, 11) is 0. The Labute approximate surface area is 139 Å². The molecular weight excluding hydrogens is 360 g/mol. The van der Waals surface area contributed by atoms with Crippen molar-refractivity contribution in [3.05, 3.63) is 35.9 Å². The van der Waals surface area contributed by atoms with E-state index in [0.717, 1.165) is 0 Å². The van der Waals surface area contributed by atoms with Crippen LogP contribution in [0.2, 0.25) is 0 Å². The van der Waals surface area contributed by atoms with Gasteiger partial charge in [0, 0.05) is 13.1 Å². The number of hydrogen-bond donors (Lipinski definition) is 0. The highest BCUT2D eigenvalue weighted by atomic mass is 19.4. The Bertz CT molecular complexity index is 500. The standard InChI is InChI=1S/C14H15F6NO4/c15-13(16,17)24-8-6-21(7-9-25-14(18,19)20)12(22)23-10-11-4-2-1-3-5-11/h1-5H,6-10H2. The van der Waals surface area contributed by atoms with E-state index in [1.807, 2.05) is 0 Å². The minimum Gasteiger partial charge on any atom is -0.445 e. The van der Waals surface area contributed by atoms with E-state index in [1.54, 1.807) is 30.3 Å². The molecule has 0 aliphatic rings. The Kier molecular flexibility index (Phi) is 7.97. The van der Waals surface area contributed by atoms with Crippen LogP contribution in [0.4, 0.5) is 31.1 Å². The van der Waals surface area contributed by atoms with Gasteiger partial charge < -0.3 is 9.64 Å². The first-order valence-corrected chi connectivity index (χ1v) is 6.94. The van der Waals surface area contributed by atoms with E-state index >= 15 is 0 Å². The normalized spacial score (nSPS) is 12.1. The van der Waals surface area contributed by atoms with Crippen molar-refractivity contribution in [2.24, 2.45) is 0 Å². The van der Waals surface area contributed by atoms with E-state index in [2.05, 4.69) is 9.47 Å². The van der Waals surface area contributed by atoms with Gasteiger partial charge in [-0.2, -0.15) is 0 Å². The first-order valence-electron chi connectivity index (χ1n) is 6.94. The lowest BCUT2D eigenvalue weighted by Crippen LogP contribution is -2.38. The molecule has 0 radical (unpaired) electrons. The molecule has 0 N–H and O–H groups in total. The van der Waals surface area contributed by atoms with Gasteiger partial charge in [-0.3, -0.25) is 9.47 Å². The summed E-state index contributed by atoms with van der Waals surface area (Å²) in [5, 5.41) is 0. The number of halogens is 6. The van der Waals surface area contributed by atoms with Crippen molar-refractivity contribution in [1.82, 2.24) is 4.90 Å². The van der Waals surface area contributed by atoms with E-state index in [1.165, 1.54) is 0 Å². The van der Waals surface area contributed by atoms with Crippen molar-refractivity contribution in [3.63, 3.8) is 0 Å². The minimum absolute atomic E-state index is 0.184. The molecule has 142 valence electrons. The highest BCUT2D eigenvalue weighted by Gasteiger charge is 2.31. The molecule has 0 aliphatic heterocycles. The van der Waals surface area contributed by atoms with Crippen LogP contribution in [0.3, 0.4) is 0 Å². The Hall–Kier alpha value is -2.01. The molecule has 0 aliphatic carbocycles. The van der Waals surface area contributed by atoms with E-state index in [-0.39, 0.29) is 6.61 Å². The SMILES string of the molecule is O=C(OCc1ccccc1)N(CCOC(F)(F)F)CCOC(F)(F)F. The average Bonchev–Trinajstić information content (AvgIpc) is 2.50. The predicted molar refractivity (Wildman–Crippen MR) is 72.2 cm³/mol. The summed E-state index contributed by atoms with van der Waals surface area (Å²) in [6.07, 6.45) is -10.9. The first kappa shape index (κ1) is 21.0. The molecular formula is C14H15F6NO4. The average molecular weight is 375 g/mol. The van der Waals surface area contributed by atoms with E-state index < -0.39 is 45.1 Å². The second kappa shape index (κ2) is 9.47. The monoisotopic (exact) mass is 375 g/mol. The second-order valence-electron chi connectivity index (χ2n) is 4.62. The molecule has 1 aromatic rings. The van der Waals surface area contributed by atoms with Gasteiger partial charge in [0.25, 0.3) is 0 Å². The quantitative estimate of drug-likeness (QED) is 0.650. The molecule has 0 heterocycles. The number of carbonyl (C=O) groups is 1. The third-order valence-electron chi connectivity index (χ3n) is 2.72. The molecule has 1 rings (SSSR count). The van der Waals surface area contributed by atoms with Gasteiger partial charge in [0.1, 0.15) is 6.61 Å². The van der Waals surface area contributed by atoms with Crippen LogP contribution in [0.1, 0.15) is 5.56 Å². The van der Waals surface area contributed by atoms with Gasteiger partial charge in [-0.25, -0.2) is 4.79 Å². The van der Waals surface area contributed by atoms with Gasteiger partial charge in [0.2, 0.25) is 0 Å². The molecule has 1 aromatic carbocycles. The van der Waals surface area contributed by atoms with Crippen molar-refractivity contribution >= 4 is 6.09 Å². The molecule has 0 aromatic heterocycles. The van der Waals surface area contributed by atoms with Crippen LogP contribution >= 0.6 is 0 Å². The lowest BCUT2D eigenvalue weighted by atomic mass is 10.2. The van der Waals surface area contributed by atoms with Gasteiger partial charge in [0.05, 0.1) is 13.2 Å². The zero-order valence-electron chi connectivity index (χ0n) is 12.8. The molecule has 0 spiro atoms. The maximum Gasteiger partial charge on any atom is 0.522 e. The fraction of sp³-hybridized carbons (Fsp3) is 0.500. The molecule has 5 nitrogen and oxygen atoms in total. The molecule has 0 fully saturated rings. The predicted octanol–water partition coefficient (Wildman–Crippen LogP) is 3.70. The zero-order chi connectivity index (χ0) is 18.9. The van der Waals surface area contributed by atoms with Crippen LogP contribution in [0.25, 0.3) is 0 Å². The van der Waals surface area contributed by atoms with Gasteiger partial charge in [-0.05, 0) is 5.56 Å². The Morgan fingerprint density at radius 1 is 0.880 bits per heavy atom. The first-order chi connectivity index (χ1) is 11.6. The third kappa shape index (κ3) is 10.5. The largest absolute Gasteiger partial charge is 0.522 e. The van der Waals surface area contributed by atoms with E-state index in [4.69, 9.17) is 4.74 Å².